The number of aromatic nitrogens is 2. The fourth-order valence-electron chi connectivity index (χ4n) is 3.19. The van der Waals surface area contributed by atoms with Gasteiger partial charge in [-0.2, -0.15) is 5.10 Å². The summed E-state index contributed by atoms with van der Waals surface area (Å²) in [6.45, 7) is 3.39. The summed E-state index contributed by atoms with van der Waals surface area (Å²) >= 11 is 0. The van der Waals surface area contributed by atoms with E-state index in [1.807, 2.05) is 67.6 Å². The predicted octanol–water partition coefficient (Wildman–Crippen LogP) is 2.72. The standard InChI is InChI=1S/C24H26N4O4/c1-17-24(18(2)28(27-17)20-11-7-4-8-12-20)26-22(30)16-32-23(31)13-14-25-21(29)15-19-9-5-3-6-10-19/h3-12H,13-16H2,1-2H3,(H,25,29)(H,26,30). The van der Waals surface area contributed by atoms with E-state index in [0.29, 0.717) is 11.4 Å². The van der Waals surface area contributed by atoms with Gasteiger partial charge >= 0.3 is 5.97 Å². The fourth-order valence-corrected chi connectivity index (χ4v) is 3.19. The minimum atomic E-state index is -0.561. The molecule has 8 heteroatoms. The van der Waals surface area contributed by atoms with Gasteiger partial charge in [0.05, 0.1) is 35.6 Å². The lowest BCUT2D eigenvalue weighted by atomic mass is 10.1. The molecular formula is C24H26N4O4. The number of hydrogen-bond acceptors (Lipinski definition) is 5. The smallest absolute Gasteiger partial charge is 0.308 e. The molecule has 0 aliphatic rings. The zero-order chi connectivity index (χ0) is 22.9. The van der Waals surface area contributed by atoms with Crippen molar-refractivity contribution in [1.29, 1.82) is 0 Å². The fraction of sp³-hybridized carbons (Fsp3) is 0.250. The van der Waals surface area contributed by atoms with Crippen molar-refractivity contribution in [2.75, 3.05) is 18.5 Å². The molecular weight excluding hydrogens is 408 g/mol. The molecule has 0 saturated heterocycles. The highest BCUT2D eigenvalue weighted by Crippen LogP contribution is 2.22. The number of benzene rings is 2. The molecule has 1 aromatic heterocycles. The first kappa shape index (κ1) is 22.7. The molecule has 3 aromatic rings. The molecule has 8 nitrogen and oxygen atoms in total. The van der Waals surface area contributed by atoms with Crippen LogP contribution in [0.2, 0.25) is 0 Å². The molecule has 0 fully saturated rings. The lowest BCUT2D eigenvalue weighted by Crippen LogP contribution is -2.28. The van der Waals surface area contributed by atoms with Crippen LogP contribution < -0.4 is 10.6 Å². The minimum absolute atomic E-state index is 0.0161. The number of amides is 2. The number of nitrogens with one attached hydrogen (secondary N) is 2. The summed E-state index contributed by atoms with van der Waals surface area (Å²) in [4.78, 5) is 36.0. The molecule has 0 atom stereocenters. The van der Waals surface area contributed by atoms with Crippen LogP contribution in [0, 0.1) is 13.8 Å². The molecule has 3 rings (SSSR count). The normalized spacial score (nSPS) is 10.4. The average Bonchev–Trinajstić information content (AvgIpc) is 3.07. The van der Waals surface area contributed by atoms with E-state index in [4.69, 9.17) is 4.74 Å². The van der Waals surface area contributed by atoms with Crippen molar-refractivity contribution in [2.45, 2.75) is 26.7 Å². The SMILES string of the molecule is Cc1nn(-c2ccccc2)c(C)c1NC(=O)COC(=O)CCNC(=O)Cc1ccccc1. The van der Waals surface area contributed by atoms with Crippen molar-refractivity contribution in [3.05, 3.63) is 77.6 Å². The van der Waals surface area contributed by atoms with E-state index in [0.717, 1.165) is 16.9 Å². The van der Waals surface area contributed by atoms with Crippen LogP contribution in [0.4, 0.5) is 5.69 Å². The van der Waals surface area contributed by atoms with Crippen LogP contribution in [-0.2, 0) is 25.5 Å². The largest absolute Gasteiger partial charge is 0.456 e. The van der Waals surface area contributed by atoms with Crippen molar-refractivity contribution in [2.24, 2.45) is 0 Å². The van der Waals surface area contributed by atoms with E-state index in [-0.39, 0.29) is 25.3 Å². The van der Waals surface area contributed by atoms with E-state index < -0.39 is 18.5 Å². The van der Waals surface area contributed by atoms with Crippen LogP contribution >= 0.6 is 0 Å². The van der Waals surface area contributed by atoms with Gasteiger partial charge in [0.1, 0.15) is 0 Å². The number of ether oxygens (including phenoxy) is 1. The molecule has 2 N–H and O–H groups in total. The molecule has 0 aliphatic heterocycles. The van der Waals surface area contributed by atoms with E-state index in [2.05, 4.69) is 15.7 Å². The highest BCUT2D eigenvalue weighted by atomic mass is 16.5. The summed E-state index contributed by atoms with van der Waals surface area (Å²) < 4.78 is 6.76. The third-order valence-electron chi connectivity index (χ3n) is 4.78. The third kappa shape index (κ3) is 6.28. The maximum absolute atomic E-state index is 12.3. The number of nitrogens with zero attached hydrogens (tertiary/aromatic N) is 2. The lowest BCUT2D eigenvalue weighted by Gasteiger charge is -2.08. The van der Waals surface area contributed by atoms with Crippen molar-refractivity contribution in [3.8, 4) is 5.69 Å². The van der Waals surface area contributed by atoms with Gasteiger partial charge in [-0.1, -0.05) is 48.5 Å². The molecule has 166 valence electrons. The second kappa shape index (κ2) is 10.9. The molecule has 0 spiro atoms. The minimum Gasteiger partial charge on any atom is -0.456 e. The topological polar surface area (TPSA) is 102 Å². The number of carbonyl (C=O) groups excluding carboxylic acids is 3. The Morgan fingerprint density at radius 2 is 1.59 bits per heavy atom. The number of hydrogen-bond donors (Lipinski definition) is 2. The third-order valence-corrected chi connectivity index (χ3v) is 4.78. The van der Waals surface area contributed by atoms with Crippen LogP contribution in [0.25, 0.3) is 5.69 Å². The summed E-state index contributed by atoms with van der Waals surface area (Å²) in [7, 11) is 0. The Kier molecular flexibility index (Phi) is 7.75. The molecule has 0 radical (unpaired) electrons. The molecule has 2 aromatic carbocycles. The van der Waals surface area contributed by atoms with Crippen molar-refractivity contribution >= 4 is 23.5 Å². The highest BCUT2D eigenvalue weighted by molar-refractivity contribution is 5.94. The predicted molar refractivity (Wildman–Crippen MR) is 120 cm³/mol. The first-order valence-corrected chi connectivity index (χ1v) is 10.3. The van der Waals surface area contributed by atoms with Gasteiger partial charge in [0.2, 0.25) is 5.91 Å². The van der Waals surface area contributed by atoms with Gasteiger partial charge in [0, 0.05) is 6.54 Å². The van der Waals surface area contributed by atoms with E-state index in [9.17, 15) is 14.4 Å². The summed E-state index contributed by atoms with van der Waals surface area (Å²) in [6, 6.07) is 18.9. The molecule has 32 heavy (non-hydrogen) atoms. The Bertz CT molecular complexity index is 1080. The van der Waals surface area contributed by atoms with Gasteiger partial charge in [0.25, 0.3) is 5.91 Å². The molecule has 0 bridgehead atoms. The van der Waals surface area contributed by atoms with E-state index in [1.54, 1.807) is 11.6 Å². The lowest BCUT2D eigenvalue weighted by molar-refractivity contribution is -0.147. The second-order valence-electron chi connectivity index (χ2n) is 7.26. The summed E-state index contributed by atoms with van der Waals surface area (Å²) in [5, 5.41) is 9.90. The van der Waals surface area contributed by atoms with Gasteiger partial charge < -0.3 is 15.4 Å². The van der Waals surface area contributed by atoms with E-state index >= 15 is 0 Å². The van der Waals surface area contributed by atoms with Gasteiger partial charge in [-0.05, 0) is 31.5 Å². The molecule has 2 amide bonds. The average molecular weight is 434 g/mol. The van der Waals surface area contributed by atoms with Crippen LogP contribution in [0.1, 0.15) is 23.4 Å². The summed E-state index contributed by atoms with van der Waals surface area (Å²) in [6.07, 6.45) is 0.228. The van der Waals surface area contributed by atoms with E-state index in [1.165, 1.54) is 0 Å². The van der Waals surface area contributed by atoms with Gasteiger partial charge in [-0.3, -0.25) is 14.4 Å². The molecule has 0 unspecified atom stereocenters. The maximum Gasteiger partial charge on any atom is 0.308 e. The number of aryl methyl sites for hydroxylation is 1. The number of carbonyl (C=O) groups is 3. The monoisotopic (exact) mass is 434 g/mol. The Morgan fingerprint density at radius 3 is 2.28 bits per heavy atom. The molecule has 0 saturated carbocycles. The number of anilines is 1. The van der Waals surface area contributed by atoms with Gasteiger partial charge in [0.15, 0.2) is 6.61 Å². The first-order valence-electron chi connectivity index (χ1n) is 10.3. The van der Waals surface area contributed by atoms with Crippen molar-refractivity contribution in [1.82, 2.24) is 15.1 Å². The quantitative estimate of drug-likeness (QED) is 0.504. The first-order chi connectivity index (χ1) is 15.4. The molecule has 0 aliphatic carbocycles. The Morgan fingerprint density at radius 1 is 0.938 bits per heavy atom. The van der Waals surface area contributed by atoms with Crippen molar-refractivity contribution in [3.63, 3.8) is 0 Å². The Balaban J connectivity index is 1.41. The van der Waals surface area contributed by atoms with Gasteiger partial charge in [-0.15, -0.1) is 0 Å². The number of para-hydroxylation sites is 1. The van der Waals surface area contributed by atoms with Crippen LogP contribution in [-0.4, -0.2) is 40.7 Å². The number of esters is 1. The van der Waals surface area contributed by atoms with Crippen LogP contribution in [0.15, 0.2) is 60.7 Å². The zero-order valence-electron chi connectivity index (χ0n) is 18.1. The van der Waals surface area contributed by atoms with Crippen molar-refractivity contribution < 1.29 is 19.1 Å². The summed E-state index contributed by atoms with van der Waals surface area (Å²) in [5.74, 6) is -1.19. The van der Waals surface area contributed by atoms with Gasteiger partial charge in [-0.25, -0.2) is 4.68 Å². The zero-order valence-corrected chi connectivity index (χ0v) is 18.1. The van der Waals surface area contributed by atoms with Crippen LogP contribution in [0.5, 0.6) is 0 Å². The van der Waals surface area contributed by atoms with Crippen LogP contribution in [0.3, 0.4) is 0 Å². The summed E-state index contributed by atoms with van der Waals surface area (Å²) in [5.41, 5.74) is 3.80. The Labute approximate surface area is 186 Å². The second-order valence-corrected chi connectivity index (χ2v) is 7.26. The highest BCUT2D eigenvalue weighted by Gasteiger charge is 2.16. The molecule has 1 heterocycles. The Hall–Kier alpha value is -3.94. The maximum atomic E-state index is 12.3. The number of rotatable bonds is 9.